The molecule has 0 bridgehead atoms. The minimum absolute atomic E-state index is 0.555. The standard InChI is InChI=1S/C21H36NO/c1-5-20(4)22(6-2,7-3)17-13-8-9-14-18-23-19-21-15-11-10-12-16-21/h5,10-12,15-16,20H,1,6-9,13-14,17-19H2,2-4H3/q+1. The Labute approximate surface area is 143 Å². The van der Waals surface area contributed by atoms with Gasteiger partial charge in [-0.3, -0.25) is 0 Å². The number of unbranched alkanes of at least 4 members (excludes halogenated alkanes) is 3. The van der Waals surface area contributed by atoms with Gasteiger partial charge >= 0.3 is 0 Å². The van der Waals surface area contributed by atoms with Gasteiger partial charge in [0.05, 0.1) is 26.2 Å². The summed E-state index contributed by atoms with van der Waals surface area (Å²) in [5.41, 5.74) is 1.26. The van der Waals surface area contributed by atoms with E-state index in [0.29, 0.717) is 6.04 Å². The molecule has 1 aromatic rings. The van der Waals surface area contributed by atoms with Crippen LogP contribution in [0.4, 0.5) is 0 Å². The predicted octanol–water partition coefficient (Wildman–Crippen LogP) is 5.19. The van der Waals surface area contributed by atoms with E-state index in [-0.39, 0.29) is 0 Å². The lowest BCUT2D eigenvalue weighted by molar-refractivity contribution is -0.940. The van der Waals surface area contributed by atoms with Crippen LogP contribution in [0.2, 0.25) is 0 Å². The summed E-state index contributed by atoms with van der Waals surface area (Å²) in [6.07, 6.45) is 7.16. The second-order valence-corrected chi connectivity index (χ2v) is 6.50. The number of benzene rings is 1. The SMILES string of the molecule is C=CC(C)[N+](CC)(CC)CCCCCCOCc1ccccc1. The first kappa shape index (κ1) is 19.9. The molecule has 2 heteroatoms. The third kappa shape index (κ3) is 6.88. The van der Waals surface area contributed by atoms with E-state index in [1.54, 1.807) is 0 Å². The normalized spacial score (nSPS) is 13.0. The predicted molar refractivity (Wildman–Crippen MR) is 100 cm³/mol. The quantitative estimate of drug-likeness (QED) is 0.276. The van der Waals surface area contributed by atoms with Crippen LogP contribution >= 0.6 is 0 Å². The lowest BCUT2D eigenvalue weighted by atomic mass is 10.1. The molecular formula is C21H36NO+. The fourth-order valence-electron chi connectivity index (χ4n) is 3.29. The van der Waals surface area contributed by atoms with Crippen LogP contribution < -0.4 is 0 Å². The van der Waals surface area contributed by atoms with E-state index in [2.05, 4.69) is 57.7 Å². The van der Waals surface area contributed by atoms with Crippen molar-refractivity contribution in [1.82, 2.24) is 0 Å². The minimum Gasteiger partial charge on any atom is -0.377 e. The van der Waals surface area contributed by atoms with Crippen molar-refractivity contribution in [2.75, 3.05) is 26.2 Å². The van der Waals surface area contributed by atoms with E-state index in [4.69, 9.17) is 4.74 Å². The Kier molecular flexibility index (Phi) is 9.89. The van der Waals surface area contributed by atoms with Gasteiger partial charge in [-0.1, -0.05) is 43.3 Å². The van der Waals surface area contributed by atoms with Crippen molar-refractivity contribution >= 4 is 0 Å². The lowest BCUT2D eigenvalue weighted by Crippen LogP contribution is -2.53. The molecule has 0 amide bonds. The number of hydrogen-bond acceptors (Lipinski definition) is 1. The summed E-state index contributed by atoms with van der Waals surface area (Å²) in [6.45, 7) is 16.2. The molecule has 2 nitrogen and oxygen atoms in total. The summed E-state index contributed by atoms with van der Waals surface area (Å²) in [4.78, 5) is 0. The van der Waals surface area contributed by atoms with Crippen molar-refractivity contribution in [3.05, 3.63) is 48.6 Å². The Balaban J connectivity index is 2.11. The molecule has 0 aliphatic rings. The maximum absolute atomic E-state index is 5.75. The molecule has 0 saturated heterocycles. The maximum Gasteiger partial charge on any atom is 0.104 e. The van der Waals surface area contributed by atoms with Gasteiger partial charge in [0.1, 0.15) is 6.04 Å². The van der Waals surface area contributed by atoms with Crippen molar-refractivity contribution in [1.29, 1.82) is 0 Å². The molecule has 23 heavy (non-hydrogen) atoms. The van der Waals surface area contributed by atoms with E-state index >= 15 is 0 Å². The Morgan fingerprint density at radius 2 is 1.70 bits per heavy atom. The van der Waals surface area contributed by atoms with Crippen LogP contribution in [0.25, 0.3) is 0 Å². The molecule has 0 aliphatic heterocycles. The van der Waals surface area contributed by atoms with Gasteiger partial charge in [-0.25, -0.2) is 0 Å². The largest absolute Gasteiger partial charge is 0.377 e. The monoisotopic (exact) mass is 318 g/mol. The van der Waals surface area contributed by atoms with Gasteiger partial charge < -0.3 is 9.22 Å². The second kappa shape index (κ2) is 11.4. The van der Waals surface area contributed by atoms with E-state index in [9.17, 15) is 0 Å². The Morgan fingerprint density at radius 3 is 2.30 bits per heavy atom. The van der Waals surface area contributed by atoms with Crippen LogP contribution in [0.5, 0.6) is 0 Å². The molecule has 0 fully saturated rings. The summed E-state index contributed by atoms with van der Waals surface area (Å²) < 4.78 is 6.92. The third-order valence-electron chi connectivity index (χ3n) is 5.22. The first-order valence-electron chi connectivity index (χ1n) is 9.28. The van der Waals surface area contributed by atoms with Crippen LogP contribution in [-0.4, -0.2) is 36.8 Å². The topological polar surface area (TPSA) is 9.23 Å². The molecule has 1 unspecified atom stereocenters. The first-order chi connectivity index (χ1) is 11.2. The Bertz CT molecular complexity index is 411. The van der Waals surface area contributed by atoms with Crippen LogP contribution in [0, 0.1) is 0 Å². The number of ether oxygens (including phenoxy) is 1. The van der Waals surface area contributed by atoms with Crippen LogP contribution in [-0.2, 0) is 11.3 Å². The molecule has 0 saturated carbocycles. The molecular weight excluding hydrogens is 282 g/mol. The van der Waals surface area contributed by atoms with Gasteiger partial charge in [0.2, 0.25) is 0 Å². The van der Waals surface area contributed by atoms with Crippen molar-refractivity contribution < 1.29 is 9.22 Å². The van der Waals surface area contributed by atoms with Crippen molar-refractivity contribution in [3.8, 4) is 0 Å². The summed E-state index contributed by atoms with van der Waals surface area (Å²) in [7, 11) is 0. The van der Waals surface area contributed by atoms with Crippen LogP contribution in [0.1, 0.15) is 52.0 Å². The molecule has 0 radical (unpaired) electrons. The van der Waals surface area contributed by atoms with Crippen molar-refractivity contribution in [3.63, 3.8) is 0 Å². The fourth-order valence-corrected chi connectivity index (χ4v) is 3.29. The lowest BCUT2D eigenvalue weighted by Gasteiger charge is -2.41. The highest BCUT2D eigenvalue weighted by Gasteiger charge is 2.27. The number of nitrogens with zero attached hydrogens (tertiary/aromatic N) is 1. The summed E-state index contributed by atoms with van der Waals surface area (Å²) >= 11 is 0. The summed E-state index contributed by atoms with van der Waals surface area (Å²) in [6, 6.07) is 11.0. The van der Waals surface area contributed by atoms with Gasteiger partial charge in [0, 0.05) is 6.61 Å². The van der Waals surface area contributed by atoms with Crippen LogP contribution in [0.15, 0.2) is 43.0 Å². The zero-order valence-electron chi connectivity index (χ0n) is 15.5. The van der Waals surface area contributed by atoms with Crippen molar-refractivity contribution in [2.24, 2.45) is 0 Å². The van der Waals surface area contributed by atoms with Gasteiger partial charge in [0.25, 0.3) is 0 Å². The number of quaternary nitrogens is 1. The molecule has 0 N–H and O–H groups in total. The molecule has 0 heterocycles. The average molecular weight is 319 g/mol. The molecule has 1 aromatic carbocycles. The zero-order chi connectivity index (χ0) is 17.0. The second-order valence-electron chi connectivity index (χ2n) is 6.50. The van der Waals surface area contributed by atoms with Crippen LogP contribution in [0.3, 0.4) is 0 Å². The highest BCUT2D eigenvalue weighted by Crippen LogP contribution is 2.17. The van der Waals surface area contributed by atoms with E-state index in [1.807, 2.05) is 6.07 Å². The maximum atomic E-state index is 5.75. The summed E-state index contributed by atoms with van der Waals surface area (Å²) in [5, 5.41) is 0. The van der Waals surface area contributed by atoms with E-state index in [1.165, 1.54) is 55.4 Å². The van der Waals surface area contributed by atoms with Crippen molar-refractivity contribution in [2.45, 2.75) is 59.1 Å². The average Bonchev–Trinajstić information content (AvgIpc) is 2.61. The van der Waals surface area contributed by atoms with E-state index in [0.717, 1.165) is 13.2 Å². The van der Waals surface area contributed by atoms with Gasteiger partial charge in [-0.05, 0) is 51.7 Å². The first-order valence-corrected chi connectivity index (χ1v) is 9.28. The van der Waals surface area contributed by atoms with E-state index < -0.39 is 0 Å². The molecule has 1 rings (SSSR count). The smallest absolute Gasteiger partial charge is 0.104 e. The number of rotatable bonds is 13. The zero-order valence-corrected chi connectivity index (χ0v) is 15.5. The van der Waals surface area contributed by atoms with Gasteiger partial charge in [-0.15, -0.1) is 0 Å². The summed E-state index contributed by atoms with van der Waals surface area (Å²) in [5.74, 6) is 0. The molecule has 130 valence electrons. The third-order valence-corrected chi connectivity index (χ3v) is 5.22. The molecule has 0 aromatic heterocycles. The number of hydrogen-bond donors (Lipinski definition) is 0. The fraction of sp³-hybridized carbons (Fsp3) is 0.619. The number of likely N-dealkylation sites (N-methyl/N-ethyl adjacent to an activating group) is 1. The molecule has 0 aliphatic carbocycles. The molecule has 0 spiro atoms. The molecule has 1 atom stereocenters. The highest BCUT2D eigenvalue weighted by molar-refractivity contribution is 5.13. The Morgan fingerprint density at radius 1 is 1.04 bits per heavy atom. The Hall–Kier alpha value is -1.12. The van der Waals surface area contributed by atoms with Gasteiger partial charge in [0.15, 0.2) is 0 Å². The highest BCUT2D eigenvalue weighted by atomic mass is 16.5. The van der Waals surface area contributed by atoms with Gasteiger partial charge in [-0.2, -0.15) is 0 Å². The minimum atomic E-state index is 0.555.